The van der Waals surface area contributed by atoms with Crippen molar-refractivity contribution in [1.82, 2.24) is 0 Å². The van der Waals surface area contributed by atoms with Crippen LogP contribution in [0, 0.1) is 0 Å². The van der Waals surface area contributed by atoms with Crippen LogP contribution in [0.3, 0.4) is 0 Å². The summed E-state index contributed by atoms with van der Waals surface area (Å²) < 4.78 is 0. The van der Waals surface area contributed by atoms with Crippen LogP contribution < -0.4 is 5.73 Å². The monoisotopic (exact) mass is 199 g/mol. The van der Waals surface area contributed by atoms with E-state index in [9.17, 15) is 0 Å². The van der Waals surface area contributed by atoms with Gasteiger partial charge in [-0.25, -0.2) is 0 Å². The van der Waals surface area contributed by atoms with Gasteiger partial charge in [-0.2, -0.15) is 0 Å². The number of thiophene rings is 1. The molecular weight excluding hydrogens is 190 g/mol. The Balaban J connectivity index is 2.32. The SMILES string of the molecule is NC1C=C(c2sccc2Cl)CC1. The molecule has 1 aromatic heterocycles. The molecule has 0 fully saturated rings. The first-order chi connectivity index (χ1) is 5.77. The molecule has 12 heavy (non-hydrogen) atoms. The van der Waals surface area contributed by atoms with E-state index < -0.39 is 0 Å². The number of allylic oxidation sites excluding steroid dienone is 1. The van der Waals surface area contributed by atoms with E-state index in [1.165, 1.54) is 10.5 Å². The summed E-state index contributed by atoms with van der Waals surface area (Å²) in [6.45, 7) is 0. The second-order valence-corrected chi connectivity index (χ2v) is 4.32. The van der Waals surface area contributed by atoms with E-state index in [1.807, 2.05) is 11.4 Å². The van der Waals surface area contributed by atoms with Crippen molar-refractivity contribution in [3.63, 3.8) is 0 Å². The molecule has 1 unspecified atom stereocenters. The van der Waals surface area contributed by atoms with Gasteiger partial charge in [-0.15, -0.1) is 11.3 Å². The van der Waals surface area contributed by atoms with Crippen molar-refractivity contribution in [3.05, 3.63) is 27.4 Å². The maximum atomic E-state index is 6.00. The number of rotatable bonds is 1. The highest BCUT2D eigenvalue weighted by Gasteiger charge is 2.15. The molecule has 0 saturated heterocycles. The number of nitrogens with two attached hydrogens (primary N) is 1. The average molecular weight is 200 g/mol. The Hall–Kier alpha value is -0.310. The lowest BCUT2D eigenvalue weighted by Crippen LogP contribution is -2.11. The molecule has 3 heteroatoms. The van der Waals surface area contributed by atoms with Gasteiger partial charge in [-0.05, 0) is 29.9 Å². The van der Waals surface area contributed by atoms with Crippen LogP contribution in [-0.2, 0) is 0 Å². The number of hydrogen-bond acceptors (Lipinski definition) is 2. The number of hydrogen-bond donors (Lipinski definition) is 1. The molecule has 2 N–H and O–H groups in total. The van der Waals surface area contributed by atoms with Crippen LogP contribution in [0.1, 0.15) is 17.7 Å². The van der Waals surface area contributed by atoms with E-state index in [4.69, 9.17) is 17.3 Å². The van der Waals surface area contributed by atoms with E-state index >= 15 is 0 Å². The quantitative estimate of drug-likeness (QED) is 0.740. The maximum absolute atomic E-state index is 6.00. The zero-order valence-corrected chi connectivity index (χ0v) is 8.16. The van der Waals surface area contributed by atoms with Crippen molar-refractivity contribution in [2.45, 2.75) is 18.9 Å². The molecule has 0 spiro atoms. The highest BCUT2D eigenvalue weighted by molar-refractivity contribution is 7.11. The third kappa shape index (κ3) is 1.42. The zero-order chi connectivity index (χ0) is 8.55. The van der Waals surface area contributed by atoms with Crippen molar-refractivity contribution in [2.24, 2.45) is 5.73 Å². The summed E-state index contributed by atoms with van der Waals surface area (Å²) in [5, 5.41) is 2.88. The Labute approximate surface area is 80.8 Å². The van der Waals surface area contributed by atoms with Crippen LogP contribution in [0.25, 0.3) is 5.57 Å². The summed E-state index contributed by atoms with van der Waals surface area (Å²) in [6, 6.07) is 2.17. The largest absolute Gasteiger partial charge is 0.324 e. The Morgan fingerprint density at radius 3 is 2.92 bits per heavy atom. The van der Waals surface area contributed by atoms with Crippen molar-refractivity contribution >= 4 is 28.5 Å². The van der Waals surface area contributed by atoms with Crippen LogP contribution in [-0.4, -0.2) is 6.04 Å². The fourth-order valence-corrected chi connectivity index (χ4v) is 2.69. The van der Waals surface area contributed by atoms with Gasteiger partial charge in [-0.1, -0.05) is 17.7 Å². The first-order valence-electron chi connectivity index (χ1n) is 3.97. The molecule has 0 aliphatic heterocycles. The van der Waals surface area contributed by atoms with Gasteiger partial charge >= 0.3 is 0 Å². The van der Waals surface area contributed by atoms with Crippen molar-refractivity contribution < 1.29 is 0 Å². The highest BCUT2D eigenvalue weighted by atomic mass is 35.5. The van der Waals surface area contributed by atoms with Crippen LogP contribution in [0.15, 0.2) is 17.5 Å². The minimum absolute atomic E-state index is 0.234. The highest BCUT2D eigenvalue weighted by Crippen LogP contribution is 2.35. The van der Waals surface area contributed by atoms with E-state index in [1.54, 1.807) is 11.3 Å². The van der Waals surface area contributed by atoms with Crippen molar-refractivity contribution in [3.8, 4) is 0 Å². The predicted molar refractivity (Wildman–Crippen MR) is 54.5 cm³/mol. The molecule has 1 heterocycles. The first kappa shape index (κ1) is 8.30. The van der Waals surface area contributed by atoms with Crippen molar-refractivity contribution in [2.75, 3.05) is 0 Å². The Morgan fingerprint density at radius 1 is 1.58 bits per heavy atom. The molecule has 1 aliphatic carbocycles. The molecular formula is C9H10ClNS. The molecule has 0 bridgehead atoms. The molecule has 2 rings (SSSR count). The average Bonchev–Trinajstić information content (AvgIpc) is 2.58. The Morgan fingerprint density at radius 2 is 2.42 bits per heavy atom. The van der Waals surface area contributed by atoms with Gasteiger partial charge in [0, 0.05) is 10.9 Å². The first-order valence-corrected chi connectivity index (χ1v) is 5.23. The summed E-state index contributed by atoms with van der Waals surface area (Å²) in [7, 11) is 0. The van der Waals surface area contributed by atoms with Gasteiger partial charge in [0.15, 0.2) is 0 Å². The van der Waals surface area contributed by atoms with E-state index in [0.29, 0.717) is 0 Å². The van der Waals surface area contributed by atoms with E-state index in [2.05, 4.69) is 6.08 Å². The molecule has 0 saturated carbocycles. The van der Waals surface area contributed by atoms with Gasteiger partial charge in [0.2, 0.25) is 0 Å². The van der Waals surface area contributed by atoms with Gasteiger partial charge in [0.25, 0.3) is 0 Å². The van der Waals surface area contributed by atoms with Crippen LogP contribution in [0.5, 0.6) is 0 Å². The molecule has 64 valence electrons. The van der Waals surface area contributed by atoms with E-state index in [0.717, 1.165) is 17.9 Å². The third-order valence-corrected chi connectivity index (χ3v) is 3.49. The summed E-state index contributed by atoms with van der Waals surface area (Å²) in [4.78, 5) is 1.20. The van der Waals surface area contributed by atoms with E-state index in [-0.39, 0.29) is 6.04 Å². The van der Waals surface area contributed by atoms with Gasteiger partial charge < -0.3 is 5.73 Å². The maximum Gasteiger partial charge on any atom is 0.0588 e. The Bertz CT molecular complexity index is 316. The lowest BCUT2D eigenvalue weighted by molar-refractivity contribution is 0.783. The third-order valence-electron chi connectivity index (χ3n) is 2.07. The summed E-state index contributed by atoms with van der Waals surface area (Å²) in [5.41, 5.74) is 7.09. The second kappa shape index (κ2) is 3.21. The fraction of sp³-hybridized carbons (Fsp3) is 0.333. The molecule has 1 aliphatic rings. The fourth-order valence-electron chi connectivity index (χ4n) is 1.46. The lowest BCUT2D eigenvalue weighted by Gasteiger charge is -1.96. The summed E-state index contributed by atoms with van der Waals surface area (Å²) in [6.07, 6.45) is 4.25. The lowest BCUT2D eigenvalue weighted by atomic mass is 10.2. The number of halogens is 1. The standard InChI is InChI=1S/C9H10ClNS/c10-8-3-4-12-9(8)6-1-2-7(11)5-6/h3-5,7H,1-2,11H2. The molecule has 1 atom stereocenters. The Kier molecular flexibility index (Phi) is 2.22. The zero-order valence-electron chi connectivity index (χ0n) is 6.59. The van der Waals surface area contributed by atoms with Crippen molar-refractivity contribution in [1.29, 1.82) is 0 Å². The molecule has 0 radical (unpaired) electrons. The van der Waals surface area contributed by atoms with Gasteiger partial charge in [-0.3, -0.25) is 0 Å². The second-order valence-electron chi connectivity index (χ2n) is 2.99. The smallest absolute Gasteiger partial charge is 0.0588 e. The van der Waals surface area contributed by atoms with Gasteiger partial charge in [0.05, 0.1) is 5.02 Å². The molecule has 1 nitrogen and oxygen atoms in total. The molecule has 0 aromatic carbocycles. The van der Waals surface area contributed by atoms with Crippen LogP contribution >= 0.6 is 22.9 Å². The summed E-state index contributed by atoms with van der Waals surface area (Å²) >= 11 is 7.69. The molecule has 1 aromatic rings. The van der Waals surface area contributed by atoms with Gasteiger partial charge in [0.1, 0.15) is 0 Å². The minimum Gasteiger partial charge on any atom is -0.324 e. The molecule has 0 amide bonds. The van der Waals surface area contributed by atoms with Crippen LogP contribution in [0.2, 0.25) is 5.02 Å². The summed E-state index contributed by atoms with van der Waals surface area (Å²) in [5.74, 6) is 0. The normalized spacial score (nSPS) is 22.8. The topological polar surface area (TPSA) is 26.0 Å². The van der Waals surface area contributed by atoms with Crippen LogP contribution in [0.4, 0.5) is 0 Å². The minimum atomic E-state index is 0.234. The predicted octanol–water partition coefficient (Wildman–Crippen LogP) is 2.91.